The molecule has 4 nitrogen and oxygen atoms in total. The van der Waals surface area contributed by atoms with Gasteiger partial charge < -0.3 is 5.32 Å². The van der Waals surface area contributed by atoms with Gasteiger partial charge in [-0.15, -0.1) is 11.8 Å². The molecule has 4 aromatic rings. The zero-order valence-corrected chi connectivity index (χ0v) is 17.5. The number of nitrogens with zero attached hydrogens (tertiary/aromatic N) is 2. The van der Waals surface area contributed by atoms with Gasteiger partial charge in [0.2, 0.25) is 5.91 Å². The van der Waals surface area contributed by atoms with E-state index < -0.39 is 0 Å². The Hall–Kier alpha value is -3.15. The lowest BCUT2D eigenvalue weighted by Gasteiger charge is -2.09. The Morgan fingerprint density at radius 2 is 1.87 bits per heavy atom. The number of hydrogen-bond donors (Lipinski definition) is 1. The molecule has 1 heterocycles. The molecule has 1 aromatic heterocycles. The van der Waals surface area contributed by atoms with E-state index in [2.05, 4.69) is 15.3 Å². The smallest absolute Gasteiger partial charge is 0.234 e. The number of nitrogens with one attached hydrogen (secondary N) is 1. The monoisotopic (exact) mass is 431 g/mol. The molecule has 0 saturated heterocycles. The molecule has 6 heteroatoms. The standard InChI is InChI=1S/C24H18ClN3OS/c25-24-18(8-5-13-26-24)15-27-19-9-4-10-20(14-19)30-16-23(29)28-22-12-3-7-17-6-1-2-11-21(17)22/h1-15H,16H2,(H,28,29). The number of pyridine rings is 1. The number of hydrogen-bond acceptors (Lipinski definition) is 4. The van der Waals surface area contributed by atoms with Crippen LogP contribution < -0.4 is 5.32 Å². The van der Waals surface area contributed by atoms with E-state index in [9.17, 15) is 4.79 Å². The third kappa shape index (κ3) is 5.06. The van der Waals surface area contributed by atoms with Gasteiger partial charge in [-0.3, -0.25) is 9.79 Å². The molecule has 0 saturated carbocycles. The number of fused-ring (bicyclic) bond motifs is 1. The van der Waals surface area contributed by atoms with Crippen molar-refractivity contribution in [3.63, 3.8) is 0 Å². The first-order valence-electron chi connectivity index (χ1n) is 9.34. The molecule has 1 N–H and O–H groups in total. The molecule has 0 unspecified atom stereocenters. The molecule has 0 atom stereocenters. The summed E-state index contributed by atoms with van der Waals surface area (Å²) < 4.78 is 0. The normalized spacial score (nSPS) is 11.1. The fourth-order valence-electron chi connectivity index (χ4n) is 2.96. The van der Waals surface area contributed by atoms with Gasteiger partial charge in [0.15, 0.2) is 0 Å². The van der Waals surface area contributed by atoms with Crippen LogP contribution in [0.5, 0.6) is 0 Å². The maximum Gasteiger partial charge on any atom is 0.234 e. The molecular weight excluding hydrogens is 414 g/mol. The highest BCUT2D eigenvalue weighted by Crippen LogP contribution is 2.26. The molecule has 0 aliphatic rings. The van der Waals surface area contributed by atoms with Gasteiger partial charge in [-0.25, -0.2) is 4.98 Å². The second-order valence-corrected chi connectivity index (χ2v) is 7.91. The van der Waals surface area contributed by atoms with Crippen LogP contribution in [0.1, 0.15) is 5.56 Å². The van der Waals surface area contributed by atoms with E-state index in [1.54, 1.807) is 12.4 Å². The molecule has 3 aromatic carbocycles. The van der Waals surface area contributed by atoms with Crippen LogP contribution in [0.25, 0.3) is 10.8 Å². The summed E-state index contributed by atoms with van der Waals surface area (Å²) in [6.45, 7) is 0. The van der Waals surface area contributed by atoms with Crippen LogP contribution in [0.4, 0.5) is 11.4 Å². The number of aromatic nitrogens is 1. The Morgan fingerprint density at radius 1 is 1.03 bits per heavy atom. The van der Waals surface area contributed by atoms with Gasteiger partial charge in [0.1, 0.15) is 5.15 Å². The van der Waals surface area contributed by atoms with Crippen molar-refractivity contribution in [3.05, 3.63) is 95.8 Å². The van der Waals surface area contributed by atoms with E-state index in [-0.39, 0.29) is 5.91 Å². The Morgan fingerprint density at radius 3 is 2.77 bits per heavy atom. The SMILES string of the molecule is O=C(CSc1cccc(N=Cc2cccnc2Cl)c1)Nc1cccc2ccccc12. The maximum atomic E-state index is 12.5. The lowest BCUT2D eigenvalue weighted by atomic mass is 10.1. The van der Waals surface area contributed by atoms with Crippen LogP contribution in [0.2, 0.25) is 5.15 Å². The Balaban J connectivity index is 1.39. The zero-order chi connectivity index (χ0) is 20.8. The number of thioether (sulfide) groups is 1. The van der Waals surface area contributed by atoms with Crippen molar-refractivity contribution in [2.45, 2.75) is 4.90 Å². The summed E-state index contributed by atoms with van der Waals surface area (Å²) in [5.41, 5.74) is 2.37. The van der Waals surface area contributed by atoms with Gasteiger partial charge in [0.25, 0.3) is 0 Å². The van der Waals surface area contributed by atoms with Crippen LogP contribution in [-0.4, -0.2) is 22.9 Å². The summed E-state index contributed by atoms with van der Waals surface area (Å²) >= 11 is 7.53. The third-order valence-electron chi connectivity index (χ3n) is 4.39. The fourth-order valence-corrected chi connectivity index (χ4v) is 3.88. The molecule has 4 rings (SSSR count). The number of aliphatic imine (C=N–C) groups is 1. The summed E-state index contributed by atoms with van der Waals surface area (Å²) in [4.78, 5) is 21.9. The van der Waals surface area contributed by atoms with Gasteiger partial charge in [0.05, 0.1) is 11.4 Å². The van der Waals surface area contributed by atoms with Crippen LogP contribution in [-0.2, 0) is 4.79 Å². The third-order valence-corrected chi connectivity index (χ3v) is 5.70. The topological polar surface area (TPSA) is 54.4 Å². The van der Waals surface area contributed by atoms with Crippen molar-refractivity contribution in [1.29, 1.82) is 0 Å². The quantitative estimate of drug-likeness (QED) is 0.219. The Labute approximate surface area is 184 Å². The molecule has 1 amide bonds. The number of amides is 1. The number of halogens is 1. The summed E-state index contributed by atoms with van der Waals surface area (Å²) in [6.07, 6.45) is 3.33. The molecule has 148 valence electrons. The second kappa shape index (κ2) is 9.57. The first-order chi connectivity index (χ1) is 14.7. The van der Waals surface area contributed by atoms with Crippen molar-refractivity contribution >= 4 is 57.6 Å². The van der Waals surface area contributed by atoms with E-state index >= 15 is 0 Å². The summed E-state index contributed by atoms with van der Waals surface area (Å²) in [6, 6.07) is 25.3. The van der Waals surface area contributed by atoms with E-state index in [0.29, 0.717) is 10.9 Å². The highest BCUT2D eigenvalue weighted by molar-refractivity contribution is 8.00. The van der Waals surface area contributed by atoms with Crippen LogP contribution in [0.15, 0.2) is 94.9 Å². The Bertz CT molecular complexity index is 1220. The largest absolute Gasteiger partial charge is 0.325 e. The maximum absolute atomic E-state index is 12.5. The van der Waals surface area contributed by atoms with Crippen molar-refractivity contribution in [3.8, 4) is 0 Å². The van der Waals surface area contributed by atoms with Crippen LogP contribution in [0.3, 0.4) is 0 Å². The molecular formula is C24H18ClN3OS. The number of anilines is 1. The average Bonchev–Trinajstić information content (AvgIpc) is 2.78. The van der Waals surface area contributed by atoms with Crippen LogP contribution in [0, 0.1) is 0 Å². The molecule has 0 aliphatic carbocycles. The fraction of sp³-hybridized carbons (Fsp3) is 0.0417. The number of carbonyl (C=O) groups excluding carboxylic acids is 1. The summed E-state index contributed by atoms with van der Waals surface area (Å²) in [5.74, 6) is 0.262. The molecule has 0 aliphatic heterocycles. The van der Waals surface area contributed by atoms with Gasteiger partial charge in [-0.05, 0) is 41.8 Å². The lowest BCUT2D eigenvalue weighted by Crippen LogP contribution is -2.14. The minimum absolute atomic E-state index is 0.0487. The first-order valence-corrected chi connectivity index (χ1v) is 10.7. The number of benzene rings is 3. The lowest BCUT2D eigenvalue weighted by molar-refractivity contribution is -0.113. The zero-order valence-electron chi connectivity index (χ0n) is 16.0. The number of carbonyl (C=O) groups is 1. The van der Waals surface area contributed by atoms with Gasteiger partial charge in [-0.2, -0.15) is 0 Å². The molecule has 30 heavy (non-hydrogen) atoms. The molecule has 0 spiro atoms. The van der Waals surface area contributed by atoms with Crippen molar-refractivity contribution in [1.82, 2.24) is 4.98 Å². The number of rotatable bonds is 6. The first kappa shape index (κ1) is 20.1. The minimum atomic E-state index is -0.0487. The van der Waals surface area contributed by atoms with E-state index in [4.69, 9.17) is 11.6 Å². The summed E-state index contributed by atoms with van der Waals surface area (Å²) in [7, 11) is 0. The Kier molecular flexibility index (Phi) is 6.42. The molecule has 0 fully saturated rings. The van der Waals surface area contributed by atoms with Crippen LogP contribution >= 0.6 is 23.4 Å². The predicted octanol–water partition coefficient (Wildman–Crippen LogP) is 6.37. The van der Waals surface area contributed by atoms with Crippen molar-refractivity contribution in [2.24, 2.45) is 4.99 Å². The molecule has 0 bridgehead atoms. The van der Waals surface area contributed by atoms with Crippen molar-refractivity contribution < 1.29 is 4.79 Å². The minimum Gasteiger partial charge on any atom is -0.325 e. The summed E-state index contributed by atoms with van der Waals surface area (Å²) in [5, 5.41) is 5.56. The van der Waals surface area contributed by atoms with Gasteiger partial charge in [0, 0.05) is 33.9 Å². The predicted molar refractivity (Wildman–Crippen MR) is 126 cm³/mol. The highest BCUT2D eigenvalue weighted by atomic mass is 35.5. The second-order valence-electron chi connectivity index (χ2n) is 6.50. The van der Waals surface area contributed by atoms with E-state index in [1.165, 1.54) is 11.8 Å². The molecule has 0 radical (unpaired) electrons. The highest BCUT2D eigenvalue weighted by Gasteiger charge is 2.07. The van der Waals surface area contributed by atoms with E-state index in [0.717, 1.165) is 32.6 Å². The average molecular weight is 432 g/mol. The van der Waals surface area contributed by atoms with Gasteiger partial charge in [-0.1, -0.05) is 54.1 Å². The van der Waals surface area contributed by atoms with Gasteiger partial charge >= 0.3 is 0 Å². The van der Waals surface area contributed by atoms with Crippen molar-refractivity contribution in [2.75, 3.05) is 11.1 Å². The van der Waals surface area contributed by atoms with E-state index in [1.807, 2.05) is 78.9 Å².